The molecule has 0 aromatic rings. The Labute approximate surface area is 89.9 Å². The monoisotopic (exact) mass is 210 g/mol. The van der Waals surface area contributed by atoms with Gasteiger partial charge in [-0.3, -0.25) is 9.59 Å². The highest BCUT2D eigenvalue weighted by Crippen LogP contribution is 2.52. The van der Waals surface area contributed by atoms with Crippen LogP contribution in [-0.4, -0.2) is 16.9 Å². The van der Waals surface area contributed by atoms with E-state index in [1.807, 2.05) is 0 Å². The third-order valence-electron chi connectivity index (χ3n) is 4.26. The molecule has 84 valence electrons. The molecule has 15 heavy (non-hydrogen) atoms. The van der Waals surface area contributed by atoms with Gasteiger partial charge in [-0.25, -0.2) is 0 Å². The van der Waals surface area contributed by atoms with Gasteiger partial charge in [0.25, 0.3) is 0 Å². The van der Waals surface area contributed by atoms with E-state index in [2.05, 4.69) is 0 Å². The van der Waals surface area contributed by atoms with Crippen LogP contribution in [-0.2, 0) is 9.59 Å². The molecule has 2 saturated carbocycles. The first kappa shape index (κ1) is 10.7. The Morgan fingerprint density at radius 1 is 1.33 bits per heavy atom. The summed E-state index contributed by atoms with van der Waals surface area (Å²) in [6, 6.07) is 0. The molecule has 0 heterocycles. The Bertz CT molecular complexity index is 275. The number of aliphatic carboxylic acids is 1. The summed E-state index contributed by atoms with van der Waals surface area (Å²) in [7, 11) is 0. The van der Waals surface area contributed by atoms with Crippen molar-refractivity contribution in [2.24, 2.45) is 11.3 Å². The molecule has 2 aliphatic carbocycles. The van der Waals surface area contributed by atoms with Gasteiger partial charge in [-0.2, -0.15) is 0 Å². The lowest BCUT2D eigenvalue weighted by Crippen LogP contribution is -2.36. The SMILES string of the molecule is O=C(O)CC1CC(=O)CCC12CCCC2. The first-order chi connectivity index (χ1) is 7.12. The van der Waals surface area contributed by atoms with Crippen molar-refractivity contribution >= 4 is 11.8 Å². The molecule has 1 atom stereocenters. The lowest BCUT2D eigenvalue weighted by atomic mass is 9.63. The second-order valence-corrected chi connectivity index (χ2v) is 5.11. The van der Waals surface area contributed by atoms with Crippen LogP contribution in [0.3, 0.4) is 0 Å². The zero-order valence-electron chi connectivity index (χ0n) is 9.00. The van der Waals surface area contributed by atoms with E-state index in [9.17, 15) is 9.59 Å². The minimum Gasteiger partial charge on any atom is -0.481 e. The van der Waals surface area contributed by atoms with Crippen molar-refractivity contribution in [2.45, 2.75) is 51.4 Å². The summed E-state index contributed by atoms with van der Waals surface area (Å²) < 4.78 is 0. The van der Waals surface area contributed by atoms with E-state index >= 15 is 0 Å². The highest BCUT2D eigenvalue weighted by Gasteiger charge is 2.45. The van der Waals surface area contributed by atoms with Gasteiger partial charge in [0.05, 0.1) is 0 Å². The van der Waals surface area contributed by atoms with Crippen LogP contribution in [0.2, 0.25) is 0 Å². The Kier molecular flexibility index (Phi) is 2.81. The number of hydrogen-bond acceptors (Lipinski definition) is 2. The molecular formula is C12H18O3. The summed E-state index contributed by atoms with van der Waals surface area (Å²) in [5.41, 5.74) is 0.201. The van der Waals surface area contributed by atoms with E-state index < -0.39 is 5.97 Å². The predicted octanol–water partition coefficient (Wildman–Crippen LogP) is 2.39. The van der Waals surface area contributed by atoms with Gasteiger partial charge in [0.15, 0.2) is 0 Å². The number of ketones is 1. The summed E-state index contributed by atoms with van der Waals surface area (Å²) in [4.78, 5) is 22.2. The van der Waals surface area contributed by atoms with Crippen molar-refractivity contribution in [2.75, 3.05) is 0 Å². The number of hydrogen-bond donors (Lipinski definition) is 1. The van der Waals surface area contributed by atoms with E-state index in [0.29, 0.717) is 12.8 Å². The van der Waals surface area contributed by atoms with E-state index in [1.54, 1.807) is 0 Å². The van der Waals surface area contributed by atoms with Gasteiger partial charge >= 0.3 is 5.97 Å². The quantitative estimate of drug-likeness (QED) is 0.761. The van der Waals surface area contributed by atoms with Crippen molar-refractivity contribution in [3.63, 3.8) is 0 Å². The molecule has 3 nitrogen and oxygen atoms in total. The Hall–Kier alpha value is -0.860. The number of carboxylic acid groups (broad SMARTS) is 1. The van der Waals surface area contributed by atoms with Gasteiger partial charge in [-0.1, -0.05) is 12.8 Å². The molecule has 0 saturated heterocycles. The molecule has 0 aliphatic heterocycles. The van der Waals surface area contributed by atoms with Crippen LogP contribution in [0, 0.1) is 11.3 Å². The molecule has 0 radical (unpaired) electrons. The summed E-state index contributed by atoms with van der Waals surface area (Å²) in [5, 5.41) is 8.88. The van der Waals surface area contributed by atoms with Gasteiger partial charge < -0.3 is 5.11 Å². The summed E-state index contributed by atoms with van der Waals surface area (Å²) in [5.74, 6) is -0.376. The fourth-order valence-electron chi connectivity index (χ4n) is 3.42. The molecule has 0 aromatic carbocycles. The van der Waals surface area contributed by atoms with Crippen molar-refractivity contribution in [1.29, 1.82) is 0 Å². The van der Waals surface area contributed by atoms with E-state index in [4.69, 9.17) is 5.11 Å². The smallest absolute Gasteiger partial charge is 0.303 e. The molecular weight excluding hydrogens is 192 g/mol. The van der Waals surface area contributed by atoms with Crippen LogP contribution in [0.4, 0.5) is 0 Å². The van der Waals surface area contributed by atoms with E-state index in [1.165, 1.54) is 12.8 Å². The maximum atomic E-state index is 11.4. The first-order valence-corrected chi connectivity index (χ1v) is 5.86. The minimum absolute atomic E-state index is 0.110. The lowest BCUT2D eigenvalue weighted by molar-refractivity contribution is -0.140. The van der Waals surface area contributed by atoms with Crippen molar-refractivity contribution in [3.8, 4) is 0 Å². The van der Waals surface area contributed by atoms with Gasteiger partial charge in [0.2, 0.25) is 0 Å². The van der Waals surface area contributed by atoms with Gasteiger partial charge in [-0.05, 0) is 30.6 Å². The summed E-state index contributed by atoms with van der Waals surface area (Å²) in [6.07, 6.45) is 7.00. The molecule has 2 fully saturated rings. The van der Waals surface area contributed by atoms with Crippen molar-refractivity contribution in [1.82, 2.24) is 0 Å². The zero-order valence-corrected chi connectivity index (χ0v) is 9.00. The molecule has 0 amide bonds. The van der Waals surface area contributed by atoms with Crippen molar-refractivity contribution in [3.05, 3.63) is 0 Å². The van der Waals surface area contributed by atoms with Crippen LogP contribution in [0.15, 0.2) is 0 Å². The zero-order chi connectivity index (χ0) is 10.9. The van der Waals surface area contributed by atoms with Crippen LogP contribution in [0.25, 0.3) is 0 Å². The molecule has 1 unspecified atom stereocenters. The maximum Gasteiger partial charge on any atom is 0.303 e. The second kappa shape index (κ2) is 3.95. The van der Waals surface area contributed by atoms with Gasteiger partial charge in [-0.15, -0.1) is 0 Å². The molecule has 3 heteroatoms. The lowest BCUT2D eigenvalue weighted by Gasteiger charge is -2.40. The van der Waals surface area contributed by atoms with Crippen LogP contribution in [0.5, 0.6) is 0 Å². The van der Waals surface area contributed by atoms with E-state index in [-0.39, 0.29) is 23.5 Å². The average Bonchev–Trinajstić information content (AvgIpc) is 2.61. The third-order valence-corrected chi connectivity index (χ3v) is 4.26. The fraction of sp³-hybridized carbons (Fsp3) is 0.833. The predicted molar refractivity (Wildman–Crippen MR) is 55.5 cm³/mol. The van der Waals surface area contributed by atoms with Gasteiger partial charge in [0, 0.05) is 19.3 Å². The number of carboxylic acids is 1. The summed E-state index contributed by atoms with van der Waals surface area (Å²) >= 11 is 0. The van der Waals surface area contributed by atoms with Crippen LogP contribution in [0.1, 0.15) is 51.4 Å². The molecule has 0 bridgehead atoms. The molecule has 1 spiro atoms. The molecule has 0 aromatic heterocycles. The van der Waals surface area contributed by atoms with Crippen LogP contribution < -0.4 is 0 Å². The largest absolute Gasteiger partial charge is 0.481 e. The van der Waals surface area contributed by atoms with Crippen LogP contribution >= 0.6 is 0 Å². The fourth-order valence-corrected chi connectivity index (χ4v) is 3.42. The normalized spacial score (nSPS) is 29.6. The van der Waals surface area contributed by atoms with E-state index in [0.717, 1.165) is 19.3 Å². The molecule has 2 aliphatic rings. The maximum absolute atomic E-state index is 11.4. The average molecular weight is 210 g/mol. The number of carbonyl (C=O) groups is 2. The highest BCUT2D eigenvalue weighted by atomic mass is 16.4. The first-order valence-electron chi connectivity index (χ1n) is 5.86. The molecule has 2 rings (SSSR count). The number of Topliss-reactive ketones (excluding diaryl/α,β-unsaturated/α-hetero) is 1. The van der Waals surface area contributed by atoms with Crippen molar-refractivity contribution < 1.29 is 14.7 Å². The summed E-state index contributed by atoms with van der Waals surface area (Å²) in [6.45, 7) is 0. The molecule has 1 N–H and O–H groups in total. The number of carbonyl (C=O) groups excluding carboxylic acids is 1. The third kappa shape index (κ3) is 2.06. The highest BCUT2D eigenvalue weighted by molar-refractivity contribution is 5.80. The Balaban J connectivity index is 2.12. The second-order valence-electron chi connectivity index (χ2n) is 5.11. The standard InChI is InChI=1S/C12H18O3/c13-10-3-6-12(4-1-2-5-12)9(7-10)8-11(14)15/h9H,1-8H2,(H,14,15). The Morgan fingerprint density at radius 2 is 2.00 bits per heavy atom. The number of rotatable bonds is 2. The minimum atomic E-state index is -0.749. The van der Waals surface area contributed by atoms with Gasteiger partial charge in [0.1, 0.15) is 5.78 Å². The Morgan fingerprint density at radius 3 is 2.60 bits per heavy atom. The topological polar surface area (TPSA) is 54.4 Å².